The molecule has 0 saturated carbocycles. The molecule has 1 aliphatic heterocycles. The van der Waals surface area contributed by atoms with Gasteiger partial charge in [-0.1, -0.05) is 0 Å². The molecule has 12 nitrogen and oxygen atoms in total. The van der Waals surface area contributed by atoms with Crippen LogP contribution < -0.4 is 11.3 Å². The number of aliphatic hydroxyl groups is 2. The van der Waals surface area contributed by atoms with E-state index < -0.39 is 45.1 Å². The van der Waals surface area contributed by atoms with E-state index in [-0.39, 0.29) is 17.1 Å². The lowest BCUT2D eigenvalue weighted by Gasteiger charge is -2.15. The van der Waals surface area contributed by atoms with Crippen LogP contribution >= 0.6 is 8.38 Å². The van der Waals surface area contributed by atoms with Gasteiger partial charge in [0.2, 0.25) is 20.6 Å². The Morgan fingerprint density at radius 2 is 2.33 bits per heavy atom. The number of fused-ring (bicyclic) bond motifs is 1. The van der Waals surface area contributed by atoms with Gasteiger partial charge in [-0.3, -0.25) is 14.3 Å². The van der Waals surface area contributed by atoms with Gasteiger partial charge >= 0.3 is 0 Å². The predicted octanol–water partition coefficient (Wildman–Crippen LogP) is -1.54. The van der Waals surface area contributed by atoms with Crippen LogP contribution in [0.5, 0.6) is 0 Å². The van der Waals surface area contributed by atoms with Gasteiger partial charge in [0.1, 0.15) is 12.5 Å². The van der Waals surface area contributed by atoms with Crippen LogP contribution in [0.25, 0.3) is 11.2 Å². The van der Waals surface area contributed by atoms with Gasteiger partial charge in [-0.15, -0.1) is 0 Å². The molecule has 132 valence electrons. The van der Waals surface area contributed by atoms with Crippen molar-refractivity contribution < 1.29 is 33.8 Å². The Hall–Kier alpha value is -1.73. The molecule has 1 fully saturated rings. The molecule has 14 heteroatoms. The van der Waals surface area contributed by atoms with E-state index >= 15 is 0 Å². The van der Waals surface area contributed by atoms with Crippen LogP contribution in [0.4, 0.5) is 10.3 Å². The summed E-state index contributed by atoms with van der Waals surface area (Å²) in [6, 6.07) is 0. The van der Waals surface area contributed by atoms with E-state index in [1.807, 2.05) is 0 Å². The summed E-state index contributed by atoms with van der Waals surface area (Å²) in [5.41, 5.74) is 4.70. The fourth-order valence-corrected chi connectivity index (χ4v) is 2.39. The monoisotopic (exact) mass is 365 g/mol. The topological polar surface area (TPSA) is 178 Å². The van der Waals surface area contributed by atoms with Gasteiger partial charge in [-0.2, -0.15) is 14.5 Å². The third kappa shape index (κ3) is 2.98. The summed E-state index contributed by atoms with van der Waals surface area (Å²) < 4.78 is 25.0. The molecule has 0 radical (unpaired) electrons. The molecule has 2 aromatic heterocycles. The van der Waals surface area contributed by atoms with Crippen molar-refractivity contribution in [2.75, 3.05) is 12.1 Å². The van der Waals surface area contributed by atoms with Crippen LogP contribution in [-0.4, -0.2) is 59.5 Å². The van der Waals surface area contributed by atoms with Crippen LogP contribution in [0, 0.1) is 0 Å². The van der Waals surface area contributed by atoms with Crippen molar-refractivity contribution in [1.82, 2.24) is 19.5 Å². The first-order valence-electron chi connectivity index (χ1n) is 6.53. The van der Waals surface area contributed by atoms with E-state index in [0.717, 1.165) is 10.9 Å². The van der Waals surface area contributed by atoms with Gasteiger partial charge in [0.25, 0.3) is 5.56 Å². The zero-order valence-corrected chi connectivity index (χ0v) is 12.7. The number of halogens is 1. The highest BCUT2D eigenvalue weighted by molar-refractivity contribution is 7.45. The first kappa shape index (κ1) is 17.1. The van der Waals surface area contributed by atoms with Crippen molar-refractivity contribution in [3.8, 4) is 0 Å². The molecule has 0 amide bonds. The number of aromatic amines is 1. The number of aromatic nitrogens is 4. The Kier molecular flexibility index (Phi) is 4.73. The molecule has 0 aromatic carbocycles. The molecule has 0 aliphatic carbocycles. The minimum absolute atomic E-state index is 0.0440. The zero-order chi connectivity index (χ0) is 17.4. The summed E-state index contributed by atoms with van der Waals surface area (Å²) in [4.78, 5) is 35.3. The van der Waals surface area contributed by atoms with Crippen LogP contribution in [0.1, 0.15) is 6.23 Å². The van der Waals surface area contributed by atoms with E-state index in [1.54, 1.807) is 0 Å². The average Bonchev–Trinajstić information content (AvgIpc) is 3.08. The number of aliphatic hydroxyl groups excluding tert-OH is 2. The Balaban J connectivity index is 1.86. The predicted molar refractivity (Wildman–Crippen MR) is 75.8 cm³/mol. The molecule has 1 aliphatic rings. The smallest absolute Gasteiger partial charge is 0.280 e. The number of nitrogens with two attached hydrogens (primary N) is 1. The first-order valence-corrected chi connectivity index (χ1v) is 7.92. The molecule has 2 unspecified atom stereocenters. The molecule has 6 N–H and O–H groups in total. The van der Waals surface area contributed by atoms with Crippen molar-refractivity contribution in [3.63, 3.8) is 0 Å². The Bertz CT molecular complexity index is 787. The maximum Gasteiger partial charge on any atom is 0.280 e. The molecule has 3 heterocycles. The van der Waals surface area contributed by atoms with Gasteiger partial charge in [0, 0.05) is 0 Å². The highest BCUT2D eigenvalue weighted by Gasteiger charge is 2.47. The number of alkyl halides is 1. The normalized spacial score (nSPS) is 28.5. The summed E-state index contributed by atoms with van der Waals surface area (Å²) in [5.74, 6) is -0.201. The molecule has 0 spiro atoms. The van der Waals surface area contributed by atoms with Gasteiger partial charge in [-0.05, 0) is 0 Å². The number of nitrogen functional groups attached to an aromatic ring is 1. The summed E-state index contributed by atoms with van der Waals surface area (Å²) in [6.45, 7) is 0. The molecule has 24 heavy (non-hydrogen) atoms. The minimum atomic E-state index is -2.30. The second-order valence-corrected chi connectivity index (χ2v) is 5.91. The van der Waals surface area contributed by atoms with Crippen LogP contribution in [0.3, 0.4) is 0 Å². The fraction of sp³-hybridized carbons (Fsp3) is 0.500. The zero-order valence-electron chi connectivity index (χ0n) is 11.8. The van der Waals surface area contributed by atoms with Crippen molar-refractivity contribution in [1.29, 1.82) is 0 Å². The summed E-state index contributed by atoms with van der Waals surface area (Å²) in [7, 11) is -2.30. The van der Waals surface area contributed by atoms with E-state index in [1.165, 1.54) is 0 Å². The van der Waals surface area contributed by atoms with E-state index in [0.29, 0.717) is 0 Å². The second kappa shape index (κ2) is 6.64. The lowest BCUT2D eigenvalue weighted by atomic mass is 10.2. The number of hydrogen-bond donors (Lipinski definition) is 5. The number of imidazole rings is 1. The largest absolute Gasteiger partial charge is 0.387 e. The van der Waals surface area contributed by atoms with Crippen molar-refractivity contribution in [2.45, 2.75) is 24.8 Å². The SMILES string of the molecule is Nc1nc2c(ncn2[C@@H]2O[C@H](OOP(O)CO)C(O)[C@@H]2F)c(=O)[nH]1. The van der Waals surface area contributed by atoms with E-state index in [9.17, 15) is 14.3 Å². The molecule has 5 atom stereocenters. The van der Waals surface area contributed by atoms with E-state index in [4.69, 9.17) is 20.5 Å². The van der Waals surface area contributed by atoms with Crippen LogP contribution in [0.15, 0.2) is 11.1 Å². The highest BCUT2D eigenvalue weighted by Crippen LogP contribution is 2.37. The number of H-pyrrole nitrogens is 1. The second-order valence-electron chi connectivity index (χ2n) is 4.77. The van der Waals surface area contributed by atoms with E-state index in [2.05, 4.69) is 24.5 Å². The third-order valence-corrected chi connectivity index (χ3v) is 3.72. The first-order chi connectivity index (χ1) is 11.4. The van der Waals surface area contributed by atoms with Crippen molar-refractivity contribution >= 4 is 25.5 Å². The van der Waals surface area contributed by atoms with Gasteiger partial charge in [0.05, 0.1) is 6.33 Å². The van der Waals surface area contributed by atoms with Crippen molar-refractivity contribution in [3.05, 3.63) is 16.7 Å². The lowest BCUT2D eigenvalue weighted by molar-refractivity contribution is -0.332. The number of anilines is 1. The number of nitrogens with one attached hydrogen (secondary N) is 1. The van der Waals surface area contributed by atoms with Crippen molar-refractivity contribution in [2.24, 2.45) is 0 Å². The number of rotatable bonds is 5. The summed E-state index contributed by atoms with van der Waals surface area (Å²) in [5, 5.41) is 18.4. The molecule has 0 bridgehead atoms. The van der Waals surface area contributed by atoms with Gasteiger partial charge < -0.3 is 25.6 Å². The quantitative estimate of drug-likeness (QED) is 0.237. The minimum Gasteiger partial charge on any atom is -0.387 e. The molecular weight excluding hydrogens is 352 g/mol. The lowest BCUT2D eigenvalue weighted by Crippen LogP contribution is -2.30. The van der Waals surface area contributed by atoms with Gasteiger partial charge in [0.15, 0.2) is 23.6 Å². The Morgan fingerprint density at radius 3 is 3.04 bits per heavy atom. The van der Waals surface area contributed by atoms with Gasteiger partial charge in [-0.25, -0.2) is 9.37 Å². The molecule has 3 rings (SSSR count). The Morgan fingerprint density at radius 1 is 1.58 bits per heavy atom. The summed E-state index contributed by atoms with van der Waals surface area (Å²) in [6.07, 6.45) is -6.34. The van der Waals surface area contributed by atoms with Crippen LogP contribution in [0.2, 0.25) is 0 Å². The number of hydrogen-bond acceptors (Lipinski definition) is 10. The highest BCUT2D eigenvalue weighted by atomic mass is 31.2. The number of ether oxygens (including phenoxy) is 1. The summed E-state index contributed by atoms with van der Waals surface area (Å²) >= 11 is 0. The molecule has 2 aromatic rings. The third-order valence-electron chi connectivity index (χ3n) is 3.22. The average molecular weight is 365 g/mol. The van der Waals surface area contributed by atoms with Crippen LogP contribution in [-0.2, 0) is 14.3 Å². The maximum absolute atomic E-state index is 14.3. The standard InChI is InChI=1S/C10H13FN5O7P/c11-3-5(18)9(22-23-24(20)2-17)21-8(3)16-1-13-4-6(16)14-10(12)15-7(4)19/h1,3,5,8-9,17-18,20H,2H2,(H3,12,14,15,19)/t3-,5?,8+,9+,24?/m0/s1. The Labute approximate surface area is 133 Å². The maximum atomic E-state index is 14.3. The number of nitrogens with zero attached hydrogens (tertiary/aromatic N) is 3. The fourth-order valence-electron chi connectivity index (χ4n) is 2.16. The molecule has 1 saturated heterocycles. The molecular formula is C10H13FN5O7P.